The molecular formula is C16H21NO5S. The first-order chi connectivity index (χ1) is 10.7. The van der Waals surface area contributed by atoms with Gasteiger partial charge in [-0.2, -0.15) is 0 Å². The summed E-state index contributed by atoms with van der Waals surface area (Å²) in [4.78, 5) is 0.129. The molecule has 1 unspecified atom stereocenters. The molecule has 1 aromatic carbocycles. The summed E-state index contributed by atoms with van der Waals surface area (Å²) in [6.07, 6.45) is 1.72. The van der Waals surface area contributed by atoms with Gasteiger partial charge in [-0.15, -0.1) is 0 Å². The molecule has 1 atom stereocenters. The highest BCUT2D eigenvalue weighted by atomic mass is 32.2. The molecule has 1 aromatic heterocycles. The van der Waals surface area contributed by atoms with Gasteiger partial charge in [0.25, 0.3) is 0 Å². The van der Waals surface area contributed by atoms with Gasteiger partial charge in [0.2, 0.25) is 10.0 Å². The normalized spacial score (nSPS) is 14.4. The Kier molecular flexibility index (Phi) is 5.13. The third-order valence-corrected chi connectivity index (χ3v) is 4.85. The zero-order valence-corrected chi connectivity index (χ0v) is 14.2. The van der Waals surface area contributed by atoms with E-state index in [4.69, 9.17) is 9.15 Å². The van der Waals surface area contributed by atoms with Crippen LogP contribution in [0.3, 0.4) is 0 Å². The number of furan rings is 1. The van der Waals surface area contributed by atoms with Gasteiger partial charge in [0.05, 0.1) is 23.9 Å². The Labute approximate surface area is 136 Å². The Bertz CT molecular complexity index is 751. The molecule has 2 rings (SSSR count). The van der Waals surface area contributed by atoms with Gasteiger partial charge in [0.1, 0.15) is 11.5 Å². The molecule has 0 aliphatic heterocycles. The van der Waals surface area contributed by atoms with Crippen molar-refractivity contribution < 1.29 is 22.7 Å². The van der Waals surface area contributed by atoms with Crippen LogP contribution < -0.4 is 9.46 Å². The highest BCUT2D eigenvalue weighted by Crippen LogP contribution is 2.21. The third-order valence-electron chi connectivity index (χ3n) is 3.45. The fourth-order valence-corrected chi connectivity index (χ4v) is 3.45. The van der Waals surface area contributed by atoms with E-state index < -0.39 is 15.6 Å². The molecule has 0 bridgehead atoms. The van der Waals surface area contributed by atoms with Crippen LogP contribution in [0.1, 0.15) is 18.2 Å². The van der Waals surface area contributed by atoms with Crippen LogP contribution in [0.5, 0.6) is 5.75 Å². The molecule has 2 aromatic rings. The van der Waals surface area contributed by atoms with E-state index in [1.54, 1.807) is 32.0 Å². The summed E-state index contributed by atoms with van der Waals surface area (Å²) < 4.78 is 37.4. The maximum Gasteiger partial charge on any atom is 0.240 e. The van der Waals surface area contributed by atoms with Crippen LogP contribution in [0.15, 0.2) is 45.9 Å². The van der Waals surface area contributed by atoms with Crippen LogP contribution in [0.4, 0.5) is 0 Å². The second-order valence-corrected chi connectivity index (χ2v) is 7.48. The number of methoxy groups -OCH3 is 1. The maximum absolute atomic E-state index is 12.3. The van der Waals surface area contributed by atoms with Gasteiger partial charge in [-0.05, 0) is 49.7 Å². The predicted molar refractivity (Wildman–Crippen MR) is 86.0 cm³/mol. The molecule has 0 spiro atoms. The average molecular weight is 339 g/mol. The Balaban J connectivity index is 2.07. The number of hydrogen-bond acceptors (Lipinski definition) is 5. The van der Waals surface area contributed by atoms with Crippen molar-refractivity contribution in [3.8, 4) is 5.75 Å². The molecule has 0 amide bonds. The highest BCUT2D eigenvalue weighted by Gasteiger charge is 2.26. The molecular weight excluding hydrogens is 318 g/mol. The highest BCUT2D eigenvalue weighted by molar-refractivity contribution is 7.89. The van der Waals surface area contributed by atoms with Gasteiger partial charge in [-0.1, -0.05) is 0 Å². The van der Waals surface area contributed by atoms with E-state index in [0.29, 0.717) is 11.5 Å². The number of ether oxygens (including phenoxy) is 1. The summed E-state index contributed by atoms with van der Waals surface area (Å²) in [6, 6.07) is 8.05. The van der Waals surface area contributed by atoms with E-state index in [-0.39, 0.29) is 17.9 Å². The van der Waals surface area contributed by atoms with Gasteiger partial charge in [-0.3, -0.25) is 0 Å². The number of nitrogens with one attached hydrogen (secondary N) is 1. The van der Waals surface area contributed by atoms with Crippen molar-refractivity contribution >= 4 is 10.0 Å². The fraction of sp³-hybridized carbons (Fsp3) is 0.375. The van der Waals surface area contributed by atoms with E-state index in [0.717, 1.165) is 5.56 Å². The first kappa shape index (κ1) is 17.5. The number of aryl methyl sites for hydroxylation is 1. The minimum Gasteiger partial charge on any atom is -0.496 e. The van der Waals surface area contributed by atoms with E-state index >= 15 is 0 Å². The zero-order chi connectivity index (χ0) is 17.1. The van der Waals surface area contributed by atoms with Gasteiger partial charge in [0, 0.05) is 13.0 Å². The largest absolute Gasteiger partial charge is 0.496 e. The van der Waals surface area contributed by atoms with Crippen LogP contribution in [-0.4, -0.2) is 32.8 Å². The lowest BCUT2D eigenvalue weighted by Crippen LogP contribution is -2.42. The Morgan fingerprint density at radius 1 is 1.35 bits per heavy atom. The third kappa shape index (κ3) is 4.57. The molecule has 0 aliphatic rings. The molecule has 0 fully saturated rings. The Morgan fingerprint density at radius 3 is 2.65 bits per heavy atom. The van der Waals surface area contributed by atoms with Crippen molar-refractivity contribution in [1.82, 2.24) is 4.72 Å². The lowest BCUT2D eigenvalue weighted by Gasteiger charge is -2.22. The monoisotopic (exact) mass is 339 g/mol. The van der Waals surface area contributed by atoms with Gasteiger partial charge in [0.15, 0.2) is 0 Å². The first-order valence-electron chi connectivity index (χ1n) is 7.12. The quantitative estimate of drug-likeness (QED) is 0.804. The van der Waals surface area contributed by atoms with E-state index in [9.17, 15) is 13.5 Å². The van der Waals surface area contributed by atoms with Crippen molar-refractivity contribution in [3.63, 3.8) is 0 Å². The summed E-state index contributed by atoms with van der Waals surface area (Å²) in [6.45, 7) is 3.20. The van der Waals surface area contributed by atoms with Crippen LogP contribution in [0.2, 0.25) is 0 Å². The number of rotatable bonds is 7. The minimum absolute atomic E-state index is 0.124. The van der Waals surface area contributed by atoms with Gasteiger partial charge >= 0.3 is 0 Å². The SMILES string of the molecule is COc1ccc(S(=O)(=O)NCC(C)(O)Cc2ccco2)cc1C. The molecule has 7 heteroatoms. The molecule has 0 radical (unpaired) electrons. The van der Waals surface area contributed by atoms with Crippen molar-refractivity contribution in [2.75, 3.05) is 13.7 Å². The smallest absolute Gasteiger partial charge is 0.240 e. The first-order valence-corrected chi connectivity index (χ1v) is 8.61. The van der Waals surface area contributed by atoms with E-state index in [1.165, 1.54) is 25.5 Å². The summed E-state index contributed by atoms with van der Waals surface area (Å²) in [7, 11) is -2.19. The average Bonchev–Trinajstić information content (AvgIpc) is 2.97. The van der Waals surface area contributed by atoms with E-state index in [2.05, 4.69) is 4.72 Å². The van der Waals surface area contributed by atoms with Gasteiger partial charge in [-0.25, -0.2) is 13.1 Å². The molecule has 6 nitrogen and oxygen atoms in total. The van der Waals surface area contributed by atoms with Crippen LogP contribution in [0, 0.1) is 6.92 Å². The standard InChI is InChI=1S/C16H21NO5S/c1-12-9-14(6-7-15(12)21-3)23(19,20)17-11-16(2,18)10-13-5-4-8-22-13/h4-9,17-18H,10-11H2,1-3H3. The molecule has 0 saturated heterocycles. The summed E-state index contributed by atoms with van der Waals surface area (Å²) in [5.41, 5.74) is -0.537. The Morgan fingerprint density at radius 2 is 2.09 bits per heavy atom. The molecule has 126 valence electrons. The van der Waals surface area contributed by atoms with Crippen LogP contribution in [0.25, 0.3) is 0 Å². The zero-order valence-electron chi connectivity index (χ0n) is 13.4. The predicted octanol–water partition coefficient (Wildman–Crippen LogP) is 1.87. The fourth-order valence-electron chi connectivity index (χ4n) is 2.20. The maximum atomic E-state index is 12.3. The van der Waals surface area contributed by atoms with Gasteiger partial charge < -0.3 is 14.3 Å². The molecule has 0 saturated carbocycles. The topological polar surface area (TPSA) is 88.8 Å². The summed E-state index contributed by atoms with van der Waals surface area (Å²) in [5.74, 6) is 1.21. The van der Waals surface area contributed by atoms with Crippen molar-refractivity contribution in [3.05, 3.63) is 47.9 Å². The second-order valence-electron chi connectivity index (χ2n) is 5.71. The second kappa shape index (κ2) is 6.74. The lowest BCUT2D eigenvalue weighted by atomic mass is 10.0. The number of sulfonamides is 1. The summed E-state index contributed by atoms with van der Waals surface area (Å²) >= 11 is 0. The van der Waals surface area contributed by atoms with Crippen LogP contribution in [-0.2, 0) is 16.4 Å². The van der Waals surface area contributed by atoms with E-state index in [1.807, 2.05) is 0 Å². The minimum atomic E-state index is -3.72. The van der Waals surface area contributed by atoms with Crippen LogP contribution >= 0.6 is 0 Å². The molecule has 1 heterocycles. The van der Waals surface area contributed by atoms with Crippen molar-refractivity contribution in [2.45, 2.75) is 30.8 Å². The molecule has 2 N–H and O–H groups in total. The van der Waals surface area contributed by atoms with Crippen molar-refractivity contribution in [1.29, 1.82) is 0 Å². The number of aliphatic hydroxyl groups is 1. The molecule has 23 heavy (non-hydrogen) atoms. The number of hydrogen-bond donors (Lipinski definition) is 2. The Hall–Kier alpha value is -1.83. The molecule has 0 aliphatic carbocycles. The number of benzene rings is 1. The lowest BCUT2D eigenvalue weighted by molar-refractivity contribution is 0.0603. The summed E-state index contributed by atoms with van der Waals surface area (Å²) in [5, 5.41) is 10.3. The van der Waals surface area contributed by atoms with Crippen molar-refractivity contribution in [2.24, 2.45) is 0 Å².